The number of rotatable bonds is 2. The molecule has 1 aliphatic carbocycles. The number of fused-ring (bicyclic) bond motifs is 1. The Hall–Kier alpha value is -2.25. The number of nitrogens with two attached hydrogens (primary N) is 1. The normalized spacial score (nSPS) is 20.5. The van der Waals surface area contributed by atoms with Crippen LogP contribution in [0.3, 0.4) is 0 Å². The molecule has 6 nitrogen and oxygen atoms in total. The Morgan fingerprint density at radius 3 is 2.58 bits per heavy atom. The Bertz CT molecular complexity index is 735. The van der Waals surface area contributed by atoms with Gasteiger partial charge in [0.2, 0.25) is 11.8 Å². The fraction of sp³-hybridized carbons (Fsp3) is 0.562. The van der Waals surface area contributed by atoms with Crippen molar-refractivity contribution >= 4 is 11.8 Å². The molecule has 3 rings (SSSR count). The molecule has 0 atom stereocenters. The second kappa shape index (κ2) is 5.99. The first-order valence-electron chi connectivity index (χ1n) is 7.98. The molecule has 3 N–H and O–H groups in total. The van der Waals surface area contributed by atoms with E-state index in [9.17, 15) is 23.2 Å². The monoisotopic (exact) mass is 339 g/mol. The minimum atomic E-state index is -2.67. The van der Waals surface area contributed by atoms with Crippen LogP contribution in [-0.2, 0) is 17.8 Å². The minimum absolute atomic E-state index is 0.136. The summed E-state index contributed by atoms with van der Waals surface area (Å²) in [4.78, 5) is 39.9. The van der Waals surface area contributed by atoms with E-state index < -0.39 is 17.4 Å². The number of carbonyl (C=O) groups excluding carboxylic acids is 2. The molecule has 130 valence electrons. The van der Waals surface area contributed by atoms with E-state index in [1.165, 1.54) is 6.07 Å². The molecule has 8 heteroatoms. The average molecular weight is 339 g/mol. The summed E-state index contributed by atoms with van der Waals surface area (Å²) in [5.74, 6) is -4.01. The largest absolute Gasteiger partial charge is 0.365 e. The lowest BCUT2D eigenvalue weighted by molar-refractivity contribution is -0.140. The molecule has 1 aromatic rings. The highest BCUT2D eigenvalue weighted by Crippen LogP contribution is 2.37. The zero-order chi connectivity index (χ0) is 17.5. The summed E-state index contributed by atoms with van der Waals surface area (Å²) in [7, 11) is 0. The second-order valence-corrected chi connectivity index (χ2v) is 6.52. The molecule has 1 fully saturated rings. The molecule has 2 amide bonds. The van der Waals surface area contributed by atoms with Gasteiger partial charge in [0.05, 0.1) is 0 Å². The summed E-state index contributed by atoms with van der Waals surface area (Å²) in [6.07, 6.45) is 0.318. The van der Waals surface area contributed by atoms with E-state index in [2.05, 4.69) is 4.98 Å². The fourth-order valence-electron chi connectivity index (χ4n) is 3.42. The summed E-state index contributed by atoms with van der Waals surface area (Å²) >= 11 is 0. The van der Waals surface area contributed by atoms with Crippen molar-refractivity contribution in [2.75, 3.05) is 6.54 Å². The first kappa shape index (κ1) is 16.6. The maximum Gasteiger partial charge on any atom is 0.261 e. The third-order valence-electron chi connectivity index (χ3n) is 4.85. The summed E-state index contributed by atoms with van der Waals surface area (Å²) < 4.78 is 26.5. The van der Waals surface area contributed by atoms with Crippen molar-refractivity contribution in [3.63, 3.8) is 0 Å². The number of nitrogens with zero attached hydrogens (tertiary/aromatic N) is 1. The molecule has 0 saturated heterocycles. The molecule has 0 bridgehead atoms. The number of aromatic amines is 1. The van der Waals surface area contributed by atoms with Crippen LogP contribution in [-0.4, -0.2) is 34.2 Å². The lowest BCUT2D eigenvalue weighted by Crippen LogP contribution is -2.42. The molecular formula is C16H19F2N3O3. The van der Waals surface area contributed by atoms with E-state index in [0.717, 1.165) is 0 Å². The summed E-state index contributed by atoms with van der Waals surface area (Å²) in [6.45, 7) is 0.669. The van der Waals surface area contributed by atoms with Gasteiger partial charge in [0.1, 0.15) is 5.56 Å². The smallest absolute Gasteiger partial charge is 0.261 e. The van der Waals surface area contributed by atoms with Crippen molar-refractivity contribution < 1.29 is 18.4 Å². The minimum Gasteiger partial charge on any atom is -0.365 e. The number of H-pyrrole nitrogens is 1. The van der Waals surface area contributed by atoms with E-state index in [0.29, 0.717) is 24.2 Å². The predicted octanol–water partition coefficient (Wildman–Crippen LogP) is 1.18. The van der Waals surface area contributed by atoms with Gasteiger partial charge < -0.3 is 15.6 Å². The molecule has 24 heavy (non-hydrogen) atoms. The van der Waals surface area contributed by atoms with Crippen molar-refractivity contribution in [1.82, 2.24) is 9.88 Å². The van der Waals surface area contributed by atoms with Gasteiger partial charge in [-0.2, -0.15) is 0 Å². The van der Waals surface area contributed by atoms with Crippen LogP contribution >= 0.6 is 0 Å². The van der Waals surface area contributed by atoms with Gasteiger partial charge in [0.15, 0.2) is 0 Å². The molecule has 1 saturated carbocycles. The SMILES string of the molecule is NC(=O)c1cc2c([nH]c1=O)CCN(C(=O)C1CCC(F)(F)CC1)C2. The van der Waals surface area contributed by atoms with Crippen molar-refractivity contribution in [3.05, 3.63) is 33.2 Å². The Morgan fingerprint density at radius 1 is 1.29 bits per heavy atom. The molecule has 0 radical (unpaired) electrons. The van der Waals surface area contributed by atoms with Crippen molar-refractivity contribution in [1.29, 1.82) is 0 Å². The van der Waals surface area contributed by atoms with Crippen LogP contribution in [0.25, 0.3) is 0 Å². The number of nitrogens with one attached hydrogen (secondary N) is 1. The van der Waals surface area contributed by atoms with Gasteiger partial charge in [0.25, 0.3) is 11.5 Å². The van der Waals surface area contributed by atoms with Crippen molar-refractivity contribution in [2.45, 2.75) is 44.6 Å². The van der Waals surface area contributed by atoms with Crippen molar-refractivity contribution in [2.24, 2.45) is 11.7 Å². The Kier molecular flexibility index (Phi) is 4.15. The predicted molar refractivity (Wildman–Crippen MR) is 81.6 cm³/mol. The molecule has 0 aromatic carbocycles. The van der Waals surface area contributed by atoms with E-state index in [1.807, 2.05) is 0 Å². The number of aromatic nitrogens is 1. The average Bonchev–Trinajstić information content (AvgIpc) is 2.53. The molecule has 1 aromatic heterocycles. The van der Waals surface area contributed by atoms with Crippen molar-refractivity contribution in [3.8, 4) is 0 Å². The maximum absolute atomic E-state index is 13.2. The third-order valence-corrected chi connectivity index (χ3v) is 4.85. The van der Waals surface area contributed by atoms with Gasteiger partial charge in [0, 0.05) is 44.0 Å². The number of hydrogen-bond acceptors (Lipinski definition) is 3. The summed E-state index contributed by atoms with van der Waals surface area (Å²) in [5, 5.41) is 0. The number of carbonyl (C=O) groups is 2. The number of primary amides is 1. The van der Waals surface area contributed by atoms with Gasteiger partial charge in [-0.1, -0.05) is 0 Å². The van der Waals surface area contributed by atoms with E-state index in [1.54, 1.807) is 4.90 Å². The number of hydrogen-bond donors (Lipinski definition) is 2. The number of pyridine rings is 1. The highest BCUT2D eigenvalue weighted by atomic mass is 19.3. The molecule has 0 unspecified atom stereocenters. The molecule has 2 heterocycles. The van der Waals surface area contributed by atoms with Crippen LogP contribution in [0.1, 0.15) is 47.3 Å². The first-order chi connectivity index (χ1) is 11.3. The van der Waals surface area contributed by atoms with Gasteiger partial charge >= 0.3 is 0 Å². The van der Waals surface area contributed by atoms with Crippen LogP contribution < -0.4 is 11.3 Å². The maximum atomic E-state index is 13.2. The highest BCUT2D eigenvalue weighted by molar-refractivity contribution is 5.92. The van der Waals surface area contributed by atoms with E-state index in [-0.39, 0.29) is 49.6 Å². The zero-order valence-electron chi connectivity index (χ0n) is 13.1. The van der Waals surface area contributed by atoms with E-state index >= 15 is 0 Å². The lowest BCUT2D eigenvalue weighted by Gasteiger charge is -2.34. The van der Waals surface area contributed by atoms with Gasteiger partial charge in [-0.25, -0.2) is 8.78 Å². The number of alkyl halides is 2. The number of halogens is 2. The topological polar surface area (TPSA) is 96.3 Å². The van der Waals surface area contributed by atoms with Crippen LogP contribution in [0.4, 0.5) is 8.78 Å². The van der Waals surface area contributed by atoms with Crippen LogP contribution in [0.15, 0.2) is 10.9 Å². The fourth-order valence-corrected chi connectivity index (χ4v) is 3.42. The third kappa shape index (κ3) is 3.18. The van der Waals surface area contributed by atoms with E-state index in [4.69, 9.17) is 5.73 Å². The first-order valence-corrected chi connectivity index (χ1v) is 7.98. The Labute approximate surface area is 137 Å². The molecular weight excluding hydrogens is 320 g/mol. The second-order valence-electron chi connectivity index (χ2n) is 6.52. The quantitative estimate of drug-likeness (QED) is 0.847. The Balaban J connectivity index is 1.75. The summed E-state index contributed by atoms with van der Waals surface area (Å²) in [6, 6.07) is 1.42. The summed E-state index contributed by atoms with van der Waals surface area (Å²) in [5.41, 5.74) is 5.86. The van der Waals surface area contributed by atoms with Crippen LogP contribution in [0, 0.1) is 5.92 Å². The molecule has 2 aliphatic rings. The van der Waals surface area contributed by atoms with Crippen LogP contribution in [0.5, 0.6) is 0 Å². The molecule has 1 aliphatic heterocycles. The molecule has 0 spiro atoms. The zero-order valence-corrected chi connectivity index (χ0v) is 13.1. The van der Waals surface area contributed by atoms with Gasteiger partial charge in [-0.05, 0) is 24.5 Å². The lowest BCUT2D eigenvalue weighted by atomic mass is 9.85. The Morgan fingerprint density at radius 2 is 1.96 bits per heavy atom. The van der Waals surface area contributed by atoms with Gasteiger partial charge in [-0.15, -0.1) is 0 Å². The van der Waals surface area contributed by atoms with Crippen LogP contribution in [0.2, 0.25) is 0 Å². The number of amides is 2. The standard InChI is InChI=1S/C16H19F2N3O3/c17-16(18)4-1-9(2-5-16)15(24)21-6-3-12-10(8-21)7-11(13(19)22)14(23)20-12/h7,9H,1-6,8H2,(H2,19,22)(H,20,23). The highest BCUT2D eigenvalue weighted by Gasteiger charge is 2.39. The van der Waals surface area contributed by atoms with Gasteiger partial charge in [-0.3, -0.25) is 14.4 Å².